The minimum atomic E-state index is -3.53. The Morgan fingerprint density at radius 2 is 1.52 bits per heavy atom. The van der Waals surface area contributed by atoms with Crippen LogP contribution in [0.25, 0.3) is 0 Å². The second-order valence-corrected chi connectivity index (χ2v) is 10.7. The summed E-state index contributed by atoms with van der Waals surface area (Å²) in [5.74, 6) is -0.0298. The molecule has 0 atom stereocenters. The van der Waals surface area contributed by atoms with Crippen LogP contribution in [0.1, 0.15) is 52.4 Å². The van der Waals surface area contributed by atoms with Crippen LogP contribution in [0.2, 0.25) is 0 Å². The zero-order chi connectivity index (χ0) is 23.7. The summed E-state index contributed by atoms with van der Waals surface area (Å²) in [6, 6.07) is 16.9. The summed E-state index contributed by atoms with van der Waals surface area (Å²) in [5.41, 5.74) is 1.83. The third kappa shape index (κ3) is 6.81. The highest BCUT2D eigenvalue weighted by atomic mass is 32.2. The second-order valence-electron chi connectivity index (χ2n) is 8.72. The summed E-state index contributed by atoms with van der Waals surface area (Å²) in [6.07, 6.45) is 5.20. The lowest BCUT2D eigenvalue weighted by molar-refractivity contribution is -0.120. The fourth-order valence-electron chi connectivity index (χ4n) is 4.16. The summed E-state index contributed by atoms with van der Waals surface area (Å²) in [7, 11) is -3.53. The van der Waals surface area contributed by atoms with Crippen molar-refractivity contribution in [3.05, 3.63) is 54.6 Å². The van der Waals surface area contributed by atoms with Crippen molar-refractivity contribution in [2.75, 3.05) is 36.4 Å². The normalized spacial score (nSPS) is 15.1. The Balaban J connectivity index is 1.58. The van der Waals surface area contributed by atoms with E-state index in [0.29, 0.717) is 18.8 Å². The molecule has 1 aliphatic rings. The van der Waals surface area contributed by atoms with Gasteiger partial charge in [-0.2, -0.15) is 4.31 Å². The third-order valence-electron chi connectivity index (χ3n) is 6.27. The maximum Gasteiger partial charge on any atom is 0.243 e. The molecule has 1 N–H and O–H groups in total. The van der Waals surface area contributed by atoms with Gasteiger partial charge < -0.3 is 10.2 Å². The molecule has 1 fully saturated rings. The van der Waals surface area contributed by atoms with Gasteiger partial charge in [0, 0.05) is 43.5 Å². The molecule has 0 spiro atoms. The molecule has 6 nitrogen and oxygen atoms in total. The third-order valence-corrected chi connectivity index (χ3v) is 8.18. The topological polar surface area (TPSA) is 69.7 Å². The van der Waals surface area contributed by atoms with Crippen molar-refractivity contribution < 1.29 is 13.2 Å². The van der Waals surface area contributed by atoms with Gasteiger partial charge in [-0.25, -0.2) is 8.42 Å². The maximum atomic E-state index is 13.1. The van der Waals surface area contributed by atoms with Crippen molar-refractivity contribution in [3.63, 3.8) is 0 Å². The number of nitrogens with zero attached hydrogens (tertiary/aromatic N) is 2. The molecular weight excluding hydrogens is 434 g/mol. The zero-order valence-corrected chi connectivity index (χ0v) is 20.7. The second kappa shape index (κ2) is 12.2. The van der Waals surface area contributed by atoms with Crippen molar-refractivity contribution in [1.82, 2.24) is 4.31 Å². The molecule has 33 heavy (non-hydrogen) atoms. The first-order valence-corrected chi connectivity index (χ1v) is 13.6. The quantitative estimate of drug-likeness (QED) is 0.493. The molecule has 2 aromatic carbocycles. The van der Waals surface area contributed by atoms with Gasteiger partial charge in [-0.15, -0.1) is 0 Å². The fraction of sp³-hybridized carbons (Fsp3) is 0.500. The molecule has 1 aliphatic heterocycles. The van der Waals surface area contributed by atoms with Gasteiger partial charge in [-0.3, -0.25) is 4.79 Å². The van der Waals surface area contributed by atoms with Gasteiger partial charge >= 0.3 is 0 Å². The minimum Gasteiger partial charge on any atom is -0.371 e. The highest BCUT2D eigenvalue weighted by Crippen LogP contribution is 2.25. The molecule has 0 bridgehead atoms. The Morgan fingerprint density at radius 1 is 0.939 bits per heavy atom. The van der Waals surface area contributed by atoms with Crippen molar-refractivity contribution in [2.45, 2.75) is 57.3 Å². The molecule has 2 aromatic rings. The molecule has 0 unspecified atom stereocenters. The molecule has 3 rings (SSSR count). The summed E-state index contributed by atoms with van der Waals surface area (Å²) in [4.78, 5) is 15.4. The lowest BCUT2D eigenvalue weighted by Crippen LogP contribution is -2.38. The molecular formula is C26H37N3O3S. The predicted octanol–water partition coefficient (Wildman–Crippen LogP) is 5.13. The van der Waals surface area contributed by atoms with Gasteiger partial charge in [-0.05, 0) is 62.1 Å². The summed E-state index contributed by atoms with van der Waals surface area (Å²) in [5, 5.41) is 2.98. The molecule has 0 aromatic heterocycles. The Hall–Kier alpha value is -2.38. The number of anilines is 2. The SMILES string of the molecule is CCCCN(CCCC)S(=O)(=O)c1ccc(NC(=O)C2CCN(c3ccccc3)CC2)cc1. The molecule has 0 aliphatic carbocycles. The largest absolute Gasteiger partial charge is 0.371 e. The number of carbonyl (C=O) groups excluding carboxylic acids is 1. The van der Waals surface area contributed by atoms with Crippen LogP contribution < -0.4 is 10.2 Å². The van der Waals surface area contributed by atoms with Gasteiger partial charge in [0.2, 0.25) is 15.9 Å². The smallest absolute Gasteiger partial charge is 0.243 e. The molecule has 0 radical (unpaired) electrons. The van der Waals surface area contributed by atoms with E-state index >= 15 is 0 Å². The Kier molecular flexibility index (Phi) is 9.32. The lowest BCUT2D eigenvalue weighted by Gasteiger charge is -2.33. The first-order valence-electron chi connectivity index (χ1n) is 12.2. The number of amides is 1. The Bertz CT molecular complexity index is 962. The van der Waals surface area contributed by atoms with Crippen LogP contribution in [0.4, 0.5) is 11.4 Å². The van der Waals surface area contributed by atoms with Crippen molar-refractivity contribution in [2.24, 2.45) is 5.92 Å². The average Bonchev–Trinajstić information content (AvgIpc) is 2.85. The monoisotopic (exact) mass is 471 g/mol. The number of para-hydroxylation sites is 1. The number of hydrogen-bond donors (Lipinski definition) is 1. The summed E-state index contributed by atoms with van der Waals surface area (Å²) >= 11 is 0. The molecule has 7 heteroatoms. The van der Waals surface area contributed by atoms with Gasteiger partial charge in [0.25, 0.3) is 0 Å². The number of hydrogen-bond acceptors (Lipinski definition) is 4. The standard InChI is InChI=1S/C26H37N3O3S/c1-3-5-18-29(19-6-4-2)33(31,32)25-14-12-23(13-15-25)27-26(30)22-16-20-28(21-17-22)24-10-8-7-9-11-24/h7-15,22H,3-6,16-21H2,1-2H3,(H,27,30). The number of benzene rings is 2. The number of sulfonamides is 1. The van der Waals surface area contributed by atoms with E-state index in [2.05, 4.69) is 36.2 Å². The summed E-state index contributed by atoms with van der Waals surface area (Å²) in [6.45, 7) is 6.91. The van der Waals surface area contributed by atoms with E-state index in [1.807, 2.05) is 18.2 Å². The highest BCUT2D eigenvalue weighted by molar-refractivity contribution is 7.89. The van der Waals surface area contributed by atoms with E-state index in [0.717, 1.165) is 51.6 Å². The number of carbonyl (C=O) groups is 1. The Morgan fingerprint density at radius 3 is 2.06 bits per heavy atom. The fourth-order valence-corrected chi connectivity index (χ4v) is 5.68. The first-order chi connectivity index (χ1) is 16.0. The Labute approximate surface area is 199 Å². The molecule has 1 heterocycles. The lowest BCUT2D eigenvalue weighted by atomic mass is 9.95. The van der Waals surface area contributed by atoms with Crippen LogP contribution in [-0.2, 0) is 14.8 Å². The van der Waals surface area contributed by atoms with E-state index in [9.17, 15) is 13.2 Å². The van der Waals surface area contributed by atoms with Crippen molar-refractivity contribution >= 4 is 27.3 Å². The highest BCUT2D eigenvalue weighted by Gasteiger charge is 2.26. The van der Waals surface area contributed by atoms with E-state index in [4.69, 9.17) is 0 Å². The average molecular weight is 472 g/mol. The van der Waals surface area contributed by atoms with E-state index in [1.54, 1.807) is 28.6 Å². The zero-order valence-electron chi connectivity index (χ0n) is 19.9. The van der Waals surface area contributed by atoms with Gasteiger partial charge in [0.1, 0.15) is 0 Å². The minimum absolute atomic E-state index is 0.00540. The van der Waals surface area contributed by atoms with Gasteiger partial charge in [0.05, 0.1) is 4.90 Å². The maximum absolute atomic E-state index is 13.1. The molecule has 1 amide bonds. The first kappa shape index (κ1) is 25.2. The van der Waals surface area contributed by atoms with E-state index in [-0.39, 0.29) is 16.7 Å². The van der Waals surface area contributed by atoms with Crippen molar-refractivity contribution in [1.29, 1.82) is 0 Å². The van der Waals surface area contributed by atoms with Crippen LogP contribution in [0.15, 0.2) is 59.5 Å². The van der Waals surface area contributed by atoms with Gasteiger partial charge in [0.15, 0.2) is 0 Å². The van der Waals surface area contributed by atoms with E-state index in [1.165, 1.54) is 5.69 Å². The number of piperidine rings is 1. The molecule has 180 valence electrons. The van der Waals surface area contributed by atoms with Gasteiger partial charge in [-0.1, -0.05) is 44.9 Å². The van der Waals surface area contributed by atoms with Crippen LogP contribution in [0.3, 0.4) is 0 Å². The number of unbranched alkanes of at least 4 members (excludes halogenated alkanes) is 2. The molecule has 0 saturated carbocycles. The van der Waals surface area contributed by atoms with Crippen LogP contribution in [0.5, 0.6) is 0 Å². The molecule has 1 saturated heterocycles. The van der Waals surface area contributed by atoms with Crippen LogP contribution >= 0.6 is 0 Å². The van der Waals surface area contributed by atoms with Crippen molar-refractivity contribution in [3.8, 4) is 0 Å². The van der Waals surface area contributed by atoms with E-state index < -0.39 is 10.0 Å². The van der Waals surface area contributed by atoms with Crippen LogP contribution in [0, 0.1) is 5.92 Å². The van der Waals surface area contributed by atoms with Crippen LogP contribution in [-0.4, -0.2) is 44.8 Å². The number of nitrogens with one attached hydrogen (secondary N) is 1. The predicted molar refractivity (Wildman–Crippen MR) is 135 cm³/mol. The number of rotatable bonds is 11. The summed E-state index contributed by atoms with van der Waals surface area (Å²) < 4.78 is 27.8.